The van der Waals surface area contributed by atoms with E-state index in [4.69, 9.17) is 5.11 Å². The second kappa shape index (κ2) is 4.42. The van der Waals surface area contributed by atoms with Gasteiger partial charge in [-0.3, -0.25) is 4.40 Å². The molecule has 0 radical (unpaired) electrons. The number of hydrogen-bond donors (Lipinski definition) is 2. The molecule has 0 spiro atoms. The number of rotatable bonds is 4. The Hall–Kier alpha value is -1.88. The topological polar surface area (TPSA) is 66.6 Å². The minimum Gasteiger partial charge on any atom is -0.475 e. The molecule has 1 aliphatic rings. The van der Waals surface area contributed by atoms with Gasteiger partial charge in [-0.25, -0.2) is 9.78 Å². The molecule has 1 fully saturated rings. The normalized spacial score (nSPS) is 15.8. The van der Waals surface area contributed by atoms with E-state index >= 15 is 0 Å². The number of carbonyl (C=O) groups is 1. The SMILES string of the molecule is O=C(O)c1nc(CNC2CCC2)c2ccccn12. The average Bonchev–Trinajstić information content (AvgIpc) is 2.67. The summed E-state index contributed by atoms with van der Waals surface area (Å²) in [6.07, 6.45) is 5.43. The Kier molecular flexibility index (Phi) is 2.76. The summed E-state index contributed by atoms with van der Waals surface area (Å²) in [6.45, 7) is 0.630. The van der Waals surface area contributed by atoms with Crippen molar-refractivity contribution < 1.29 is 9.90 Å². The van der Waals surface area contributed by atoms with Crippen LogP contribution in [0.15, 0.2) is 24.4 Å². The lowest BCUT2D eigenvalue weighted by atomic mass is 9.93. The fourth-order valence-corrected chi connectivity index (χ4v) is 2.24. The summed E-state index contributed by atoms with van der Waals surface area (Å²) in [5.41, 5.74) is 1.67. The third-order valence-corrected chi connectivity index (χ3v) is 3.48. The first kappa shape index (κ1) is 11.2. The zero-order valence-corrected chi connectivity index (χ0v) is 9.97. The van der Waals surface area contributed by atoms with Gasteiger partial charge < -0.3 is 10.4 Å². The van der Waals surface area contributed by atoms with Crippen molar-refractivity contribution in [3.05, 3.63) is 35.9 Å². The maximum atomic E-state index is 11.1. The summed E-state index contributed by atoms with van der Waals surface area (Å²) in [4.78, 5) is 15.4. The second-order valence-corrected chi connectivity index (χ2v) is 4.65. The van der Waals surface area contributed by atoms with Crippen LogP contribution in [0.4, 0.5) is 0 Å². The summed E-state index contributed by atoms with van der Waals surface area (Å²) in [6, 6.07) is 6.18. The molecule has 0 bridgehead atoms. The van der Waals surface area contributed by atoms with E-state index in [0.29, 0.717) is 12.6 Å². The largest absolute Gasteiger partial charge is 0.475 e. The van der Waals surface area contributed by atoms with Crippen molar-refractivity contribution in [2.24, 2.45) is 0 Å². The van der Waals surface area contributed by atoms with Crippen molar-refractivity contribution in [1.82, 2.24) is 14.7 Å². The number of imidazole rings is 1. The highest BCUT2D eigenvalue weighted by Crippen LogP contribution is 2.19. The highest BCUT2D eigenvalue weighted by atomic mass is 16.4. The van der Waals surface area contributed by atoms with Crippen LogP contribution in [0.1, 0.15) is 35.6 Å². The van der Waals surface area contributed by atoms with Gasteiger partial charge in [-0.1, -0.05) is 12.5 Å². The molecule has 1 aliphatic carbocycles. The molecule has 0 unspecified atom stereocenters. The van der Waals surface area contributed by atoms with Crippen molar-refractivity contribution in [2.75, 3.05) is 0 Å². The van der Waals surface area contributed by atoms with E-state index in [1.807, 2.05) is 18.2 Å². The van der Waals surface area contributed by atoms with Crippen LogP contribution >= 0.6 is 0 Å². The van der Waals surface area contributed by atoms with Gasteiger partial charge in [-0.2, -0.15) is 0 Å². The van der Waals surface area contributed by atoms with E-state index in [-0.39, 0.29) is 5.82 Å². The molecule has 2 aromatic rings. The Labute approximate surface area is 104 Å². The summed E-state index contributed by atoms with van der Waals surface area (Å²) < 4.78 is 1.63. The molecule has 1 saturated carbocycles. The van der Waals surface area contributed by atoms with Gasteiger partial charge in [0.2, 0.25) is 5.82 Å². The van der Waals surface area contributed by atoms with Crippen molar-refractivity contribution in [3.8, 4) is 0 Å². The lowest BCUT2D eigenvalue weighted by Gasteiger charge is -2.26. The Morgan fingerprint density at radius 2 is 2.33 bits per heavy atom. The fourth-order valence-electron chi connectivity index (χ4n) is 2.24. The first-order valence-corrected chi connectivity index (χ1v) is 6.18. The van der Waals surface area contributed by atoms with Crippen molar-refractivity contribution in [1.29, 1.82) is 0 Å². The van der Waals surface area contributed by atoms with Gasteiger partial charge >= 0.3 is 5.97 Å². The molecule has 5 nitrogen and oxygen atoms in total. The molecular weight excluding hydrogens is 230 g/mol. The molecule has 2 N–H and O–H groups in total. The summed E-state index contributed by atoms with van der Waals surface area (Å²) >= 11 is 0. The number of aromatic carboxylic acids is 1. The molecule has 18 heavy (non-hydrogen) atoms. The minimum absolute atomic E-state index is 0.0796. The van der Waals surface area contributed by atoms with Gasteiger partial charge in [0.05, 0.1) is 11.2 Å². The first-order valence-electron chi connectivity index (χ1n) is 6.18. The Bertz CT molecular complexity index is 587. The predicted octanol–water partition coefficient (Wildman–Crippen LogP) is 1.67. The molecule has 0 aromatic carbocycles. The fraction of sp³-hybridized carbons (Fsp3) is 0.385. The number of carboxylic acid groups (broad SMARTS) is 1. The van der Waals surface area contributed by atoms with E-state index in [1.165, 1.54) is 19.3 Å². The molecule has 0 atom stereocenters. The average molecular weight is 245 g/mol. The second-order valence-electron chi connectivity index (χ2n) is 4.65. The van der Waals surface area contributed by atoms with Gasteiger partial charge in [0, 0.05) is 18.8 Å². The highest BCUT2D eigenvalue weighted by molar-refractivity contribution is 5.85. The quantitative estimate of drug-likeness (QED) is 0.860. The van der Waals surface area contributed by atoms with Crippen LogP contribution in [0.2, 0.25) is 0 Å². The van der Waals surface area contributed by atoms with Crippen molar-refractivity contribution >= 4 is 11.5 Å². The van der Waals surface area contributed by atoms with Gasteiger partial charge in [0.1, 0.15) is 0 Å². The number of pyridine rings is 1. The van der Waals surface area contributed by atoms with E-state index in [2.05, 4.69) is 10.3 Å². The van der Waals surface area contributed by atoms with E-state index in [0.717, 1.165) is 11.2 Å². The molecule has 2 aromatic heterocycles. The van der Waals surface area contributed by atoms with Crippen molar-refractivity contribution in [2.45, 2.75) is 31.8 Å². The third kappa shape index (κ3) is 1.86. The minimum atomic E-state index is -0.994. The van der Waals surface area contributed by atoms with E-state index < -0.39 is 5.97 Å². The maximum Gasteiger partial charge on any atom is 0.372 e. The van der Waals surface area contributed by atoms with Crippen molar-refractivity contribution in [3.63, 3.8) is 0 Å². The molecule has 5 heteroatoms. The zero-order valence-electron chi connectivity index (χ0n) is 9.97. The monoisotopic (exact) mass is 245 g/mol. The summed E-state index contributed by atoms with van der Waals surface area (Å²) in [5, 5.41) is 12.5. The molecule has 3 rings (SSSR count). The Morgan fingerprint density at radius 1 is 1.50 bits per heavy atom. The van der Waals surface area contributed by atoms with Gasteiger partial charge in [-0.05, 0) is 25.0 Å². The van der Waals surface area contributed by atoms with Crippen LogP contribution in [0, 0.1) is 0 Å². The van der Waals surface area contributed by atoms with Gasteiger partial charge in [-0.15, -0.1) is 0 Å². The van der Waals surface area contributed by atoms with Crippen LogP contribution in [0.5, 0.6) is 0 Å². The Morgan fingerprint density at radius 3 is 3.00 bits per heavy atom. The summed E-state index contributed by atoms with van der Waals surface area (Å²) in [7, 11) is 0. The first-order chi connectivity index (χ1) is 8.75. The molecular formula is C13H15N3O2. The van der Waals surface area contributed by atoms with Crippen LogP contribution < -0.4 is 5.32 Å². The number of fused-ring (bicyclic) bond motifs is 1. The number of hydrogen-bond acceptors (Lipinski definition) is 3. The molecule has 0 amide bonds. The molecule has 94 valence electrons. The van der Waals surface area contributed by atoms with Crippen LogP contribution in [-0.4, -0.2) is 26.5 Å². The molecule has 0 aliphatic heterocycles. The highest BCUT2D eigenvalue weighted by Gasteiger charge is 2.19. The zero-order chi connectivity index (χ0) is 12.5. The predicted molar refractivity (Wildman–Crippen MR) is 66.6 cm³/mol. The van der Waals surface area contributed by atoms with Crippen LogP contribution in [-0.2, 0) is 6.54 Å². The number of aromatic nitrogens is 2. The number of nitrogens with one attached hydrogen (secondary N) is 1. The molecule has 2 heterocycles. The number of carboxylic acids is 1. The standard InChI is InChI=1S/C13H15N3O2/c17-13(18)12-15-10(8-14-9-4-3-5-9)11-6-1-2-7-16(11)12/h1-2,6-7,9,14H,3-5,8H2,(H,17,18). The van der Waals surface area contributed by atoms with E-state index in [9.17, 15) is 4.79 Å². The summed E-state index contributed by atoms with van der Waals surface area (Å²) in [5.74, 6) is -0.915. The van der Waals surface area contributed by atoms with Gasteiger partial charge in [0.15, 0.2) is 0 Å². The van der Waals surface area contributed by atoms with Gasteiger partial charge in [0.25, 0.3) is 0 Å². The smallest absolute Gasteiger partial charge is 0.372 e. The molecule has 0 saturated heterocycles. The third-order valence-electron chi connectivity index (χ3n) is 3.48. The Balaban J connectivity index is 1.92. The number of nitrogens with zero attached hydrogens (tertiary/aromatic N) is 2. The van der Waals surface area contributed by atoms with Crippen LogP contribution in [0.3, 0.4) is 0 Å². The van der Waals surface area contributed by atoms with Crippen LogP contribution in [0.25, 0.3) is 5.52 Å². The van der Waals surface area contributed by atoms with E-state index in [1.54, 1.807) is 10.6 Å². The maximum absolute atomic E-state index is 11.1. The lowest BCUT2D eigenvalue weighted by Crippen LogP contribution is -2.34. The lowest BCUT2D eigenvalue weighted by molar-refractivity contribution is 0.0682.